The smallest absolute Gasteiger partial charge is 0.159 e. The molecule has 3 N–H and O–H groups in total. The maximum atomic E-state index is 6.41. The molecular weight excluding hydrogens is 348 g/mol. The Hall–Kier alpha value is -3.67. The van der Waals surface area contributed by atoms with Crippen molar-refractivity contribution in [2.24, 2.45) is 0 Å². The highest BCUT2D eigenvalue weighted by atomic mass is 15.2. The van der Waals surface area contributed by atoms with Crippen molar-refractivity contribution in [3.8, 4) is 0 Å². The summed E-state index contributed by atoms with van der Waals surface area (Å²) in [4.78, 5) is 15.4. The van der Waals surface area contributed by atoms with Crippen molar-refractivity contribution in [1.29, 1.82) is 0 Å². The van der Waals surface area contributed by atoms with E-state index >= 15 is 0 Å². The van der Waals surface area contributed by atoms with E-state index in [0.29, 0.717) is 23.9 Å². The molecule has 4 rings (SSSR count). The summed E-state index contributed by atoms with van der Waals surface area (Å²) in [5.74, 6) is 1.26. The van der Waals surface area contributed by atoms with Crippen molar-refractivity contribution in [3.05, 3.63) is 78.2 Å². The second-order valence-electron chi connectivity index (χ2n) is 6.76. The molecule has 0 aliphatic rings. The Labute approximate surface area is 164 Å². The van der Waals surface area contributed by atoms with E-state index in [2.05, 4.69) is 38.5 Å². The first kappa shape index (κ1) is 17.7. The number of nitrogen functional groups attached to an aromatic ring is 1. The summed E-state index contributed by atoms with van der Waals surface area (Å²) in [5, 5.41) is 4.40. The van der Waals surface area contributed by atoms with Crippen LogP contribution in [0.1, 0.15) is 11.3 Å². The zero-order valence-corrected chi connectivity index (χ0v) is 15.9. The van der Waals surface area contributed by atoms with Gasteiger partial charge in [-0.25, -0.2) is 9.97 Å². The lowest BCUT2D eigenvalue weighted by atomic mass is 10.1. The number of benzene rings is 2. The molecule has 0 fully saturated rings. The Morgan fingerprint density at radius 2 is 1.79 bits per heavy atom. The molecule has 6 heteroatoms. The molecule has 0 saturated carbocycles. The van der Waals surface area contributed by atoms with Crippen LogP contribution in [0, 0.1) is 6.92 Å². The lowest BCUT2D eigenvalue weighted by molar-refractivity contribution is 0.894. The van der Waals surface area contributed by atoms with Crippen LogP contribution in [0.25, 0.3) is 10.9 Å². The maximum absolute atomic E-state index is 6.41. The van der Waals surface area contributed by atoms with Gasteiger partial charge in [0.2, 0.25) is 0 Å². The molecule has 6 nitrogen and oxygen atoms in total. The summed E-state index contributed by atoms with van der Waals surface area (Å²) in [6.07, 6.45) is 1.53. The average molecular weight is 370 g/mol. The molecule has 0 radical (unpaired) electrons. The van der Waals surface area contributed by atoms with Gasteiger partial charge in [-0.05, 0) is 24.6 Å². The van der Waals surface area contributed by atoms with E-state index in [9.17, 15) is 0 Å². The van der Waals surface area contributed by atoms with Gasteiger partial charge < -0.3 is 16.0 Å². The summed E-state index contributed by atoms with van der Waals surface area (Å²) in [7, 11) is 1.97. The number of pyridine rings is 1. The van der Waals surface area contributed by atoms with Crippen LogP contribution in [-0.4, -0.2) is 22.0 Å². The SMILES string of the molecule is Cc1ccc2cccc(Nc3ncnc(N(C)Cc4ccccc4)c3N)c2n1. The van der Waals surface area contributed by atoms with E-state index < -0.39 is 0 Å². The Morgan fingerprint density at radius 3 is 2.61 bits per heavy atom. The lowest BCUT2D eigenvalue weighted by Gasteiger charge is -2.21. The van der Waals surface area contributed by atoms with Gasteiger partial charge in [-0.2, -0.15) is 0 Å². The van der Waals surface area contributed by atoms with Gasteiger partial charge in [-0.15, -0.1) is 0 Å². The number of nitrogens with zero attached hydrogens (tertiary/aromatic N) is 4. The number of fused-ring (bicyclic) bond motifs is 1. The Kier molecular flexibility index (Phi) is 4.76. The molecule has 0 spiro atoms. The topological polar surface area (TPSA) is 80.0 Å². The van der Waals surface area contributed by atoms with Crippen LogP contribution >= 0.6 is 0 Å². The van der Waals surface area contributed by atoms with Crippen LogP contribution in [0.4, 0.5) is 23.0 Å². The van der Waals surface area contributed by atoms with Crippen molar-refractivity contribution in [1.82, 2.24) is 15.0 Å². The zero-order valence-electron chi connectivity index (χ0n) is 15.9. The summed E-state index contributed by atoms with van der Waals surface area (Å²) in [6.45, 7) is 2.68. The minimum atomic E-state index is 0.505. The van der Waals surface area contributed by atoms with Gasteiger partial charge in [0.05, 0.1) is 11.2 Å². The van der Waals surface area contributed by atoms with Crippen LogP contribution < -0.4 is 16.0 Å². The summed E-state index contributed by atoms with van der Waals surface area (Å²) in [5.41, 5.74) is 10.8. The van der Waals surface area contributed by atoms with Crippen LogP contribution in [-0.2, 0) is 6.54 Å². The number of hydrogen-bond acceptors (Lipinski definition) is 6. The van der Waals surface area contributed by atoms with E-state index in [4.69, 9.17) is 5.73 Å². The fourth-order valence-electron chi connectivity index (χ4n) is 3.20. The largest absolute Gasteiger partial charge is 0.393 e. The molecule has 2 heterocycles. The number of nitrogens with one attached hydrogen (secondary N) is 1. The standard InChI is InChI=1S/C22H22N6/c1-15-11-12-17-9-6-10-18(20(17)26-15)27-21-19(23)22(25-14-24-21)28(2)13-16-7-4-3-5-8-16/h3-12,14H,13,23H2,1-2H3,(H,24,25,27). The molecule has 4 aromatic rings. The monoisotopic (exact) mass is 370 g/mol. The van der Waals surface area contributed by atoms with Gasteiger partial charge in [0.1, 0.15) is 12.0 Å². The number of nitrogens with two attached hydrogens (primary N) is 1. The van der Waals surface area contributed by atoms with Crippen molar-refractivity contribution in [3.63, 3.8) is 0 Å². The molecule has 0 saturated heterocycles. The molecular formula is C22H22N6. The third-order valence-corrected chi connectivity index (χ3v) is 4.60. The van der Waals surface area contributed by atoms with Crippen molar-refractivity contribution in [2.75, 3.05) is 23.0 Å². The van der Waals surface area contributed by atoms with Crippen LogP contribution in [0.15, 0.2) is 67.0 Å². The van der Waals surface area contributed by atoms with E-state index in [0.717, 1.165) is 22.3 Å². The second kappa shape index (κ2) is 7.52. The van der Waals surface area contributed by atoms with Gasteiger partial charge in [0, 0.05) is 24.7 Å². The Bertz CT molecular complexity index is 1110. The molecule has 28 heavy (non-hydrogen) atoms. The van der Waals surface area contributed by atoms with Gasteiger partial charge >= 0.3 is 0 Å². The quantitative estimate of drug-likeness (QED) is 0.545. The normalized spacial score (nSPS) is 10.8. The van der Waals surface area contributed by atoms with Crippen molar-refractivity contribution in [2.45, 2.75) is 13.5 Å². The summed E-state index contributed by atoms with van der Waals surface area (Å²) >= 11 is 0. The first-order valence-electron chi connectivity index (χ1n) is 9.11. The fraction of sp³-hybridized carbons (Fsp3) is 0.136. The number of aryl methyl sites for hydroxylation is 1. The van der Waals surface area contributed by atoms with Crippen LogP contribution in [0.5, 0.6) is 0 Å². The molecule has 0 amide bonds. The molecule has 0 aliphatic carbocycles. The molecule has 0 aliphatic heterocycles. The highest BCUT2D eigenvalue weighted by Crippen LogP contribution is 2.31. The molecule has 2 aromatic carbocycles. The van der Waals surface area contributed by atoms with Gasteiger partial charge in [0.15, 0.2) is 11.6 Å². The minimum absolute atomic E-state index is 0.505. The van der Waals surface area contributed by atoms with Gasteiger partial charge in [-0.3, -0.25) is 4.98 Å². The highest BCUT2D eigenvalue weighted by molar-refractivity contribution is 5.93. The number of hydrogen-bond donors (Lipinski definition) is 2. The predicted molar refractivity (Wildman–Crippen MR) is 115 cm³/mol. The summed E-state index contributed by atoms with van der Waals surface area (Å²) < 4.78 is 0. The van der Waals surface area contributed by atoms with Crippen molar-refractivity contribution >= 4 is 33.9 Å². The van der Waals surface area contributed by atoms with E-state index in [1.807, 2.05) is 61.3 Å². The van der Waals surface area contributed by atoms with E-state index in [1.165, 1.54) is 11.9 Å². The molecule has 140 valence electrons. The highest BCUT2D eigenvalue weighted by Gasteiger charge is 2.14. The number of aromatic nitrogens is 3. The molecule has 0 unspecified atom stereocenters. The maximum Gasteiger partial charge on any atom is 0.159 e. The molecule has 0 bridgehead atoms. The zero-order chi connectivity index (χ0) is 19.5. The second-order valence-corrected chi connectivity index (χ2v) is 6.76. The molecule has 2 aromatic heterocycles. The fourth-order valence-corrected chi connectivity index (χ4v) is 3.20. The van der Waals surface area contributed by atoms with Gasteiger partial charge in [0.25, 0.3) is 0 Å². The van der Waals surface area contributed by atoms with Crippen LogP contribution in [0.3, 0.4) is 0 Å². The first-order chi connectivity index (χ1) is 13.6. The summed E-state index contributed by atoms with van der Waals surface area (Å²) in [6, 6.07) is 20.3. The molecule has 0 atom stereocenters. The van der Waals surface area contributed by atoms with Crippen LogP contribution in [0.2, 0.25) is 0 Å². The van der Waals surface area contributed by atoms with Crippen molar-refractivity contribution < 1.29 is 0 Å². The Morgan fingerprint density at radius 1 is 0.964 bits per heavy atom. The third-order valence-electron chi connectivity index (χ3n) is 4.60. The van der Waals surface area contributed by atoms with Gasteiger partial charge in [-0.1, -0.05) is 48.5 Å². The van der Waals surface area contributed by atoms with E-state index in [1.54, 1.807) is 0 Å². The Balaban J connectivity index is 1.65. The predicted octanol–water partition coefficient (Wildman–Crippen LogP) is 4.30. The minimum Gasteiger partial charge on any atom is -0.393 e. The average Bonchev–Trinajstić information content (AvgIpc) is 2.70. The number of anilines is 4. The number of rotatable bonds is 5. The van der Waals surface area contributed by atoms with E-state index in [-0.39, 0.29) is 0 Å². The third kappa shape index (κ3) is 3.57. The number of para-hydroxylation sites is 1. The lowest BCUT2D eigenvalue weighted by Crippen LogP contribution is -2.20. The first-order valence-corrected chi connectivity index (χ1v) is 9.11.